The van der Waals surface area contributed by atoms with E-state index in [0.29, 0.717) is 21.6 Å². The fourth-order valence-electron chi connectivity index (χ4n) is 1.53. The molecule has 0 saturated carbocycles. The van der Waals surface area contributed by atoms with Crippen LogP contribution in [-0.2, 0) is 0 Å². The lowest BCUT2D eigenvalue weighted by atomic mass is 10.1. The summed E-state index contributed by atoms with van der Waals surface area (Å²) in [6, 6.07) is 5.86. The van der Waals surface area contributed by atoms with E-state index in [1.807, 2.05) is 0 Å². The van der Waals surface area contributed by atoms with E-state index in [-0.39, 0.29) is 11.3 Å². The monoisotopic (exact) mass is 264 g/mol. The Morgan fingerprint density at radius 3 is 2.67 bits per heavy atom. The zero-order valence-corrected chi connectivity index (χ0v) is 10.3. The lowest BCUT2D eigenvalue weighted by Gasteiger charge is -2.03. The first-order valence-corrected chi connectivity index (χ1v) is 5.93. The first-order chi connectivity index (χ1) is 8.52. The van der Waals surface area contributed by atoms with Crippen LogP contribution in [-0.4, -0.2) is 17.2 Å². The highest BCUT2D eigenvalue weighted by Gasteiger charge is 2.12. The van der Waals surface area contributed by atoms with Gasteiger partial charge in [-0.15, -0.1) is 11.3 Å². The topological polar surface area (TPSA) is 54.4 Å². The molecule has 0 unspecified atom stereocenters. The maximum absolute atomic E-state index is 13.4. The number of halogens is 1. The Labute approximate surface area is 107 Å². The summed E-state index contributed by atoms with van der Waals surface area (Å²) < 4.78 is 13.4. The number of phenols is 1. The molecule has 0 spiro atoms. The smallest absolute Gasteiger partial charge is 0.169 e. The molecule has 1 aromatic carbocycles. The lowest BCUT2D eigenvalue weighted by molar-refractivity contribution is 0.102. The first-order valence-electron chi connectivity index (χ1n) is 5.11. The fourth-order valence-corrected chi connectivity index (χ4v) is 2.42. The van der Waals surface area contributed by atoms with Crippen molar-refractivity contribution in [2.45, 2.75) is 6.92 Å². The number of aldehydes is 1. The molecular weight excluding hydrogens is 255 g/mol. The maximum Gasteiger partial charge on any atom is 0.169 e. The summed E-state index contributed by atoms with van der Waals surface area (Å²) in [6.45, 7) is 1.45. The van der Waals surface area contributed by atoms with Crippen LogP contribution >= 0.6 is 11.3 Å². The van der Waals surface area contributed by atoms with Crippen LogP contribution in [0.15, 0.2) is 24.3 Å². The minimum absolute atomic E-state index is 0.0684. The third-order valence-corrected chi connectivity index (χ3v) is 3.69. The number of carbonyl (C=O) groups excluding carboxylic acids is 2. The second kappa shape index (κ2) is 4.70. The molecule has 92 valence electrons. The molecule has 2 rings (SSSR count). The number of rotatable bonds is 3. The Hall–Kier alpha value is -2.01. The maximum atomic E-state index is 13.4. The van der Waals surface area contributed by atoms with E-state index in [4.69, 9.17) is 0 Å². The summed E-state index contributed by atoms with van der Waals surface area (Å²) in [7, 11) is 0. The highest BCUT2D eigenvalue weighted by atomic mass is 32.1. The van der Waals surface area contributed by atoms with E-state index >= 15 is 0 Å². The van der Waals surface area contributed by atoms with Crippen molar-refractivity contribution < 1.29 is 19.1 Å². The normalized spacial score (nSPS) is 10.3. The van der Waals surface area contributed by atoms with Gasteiger partial charge in [0.05, 0.1) is 10.4 Å². The van der Waals surface area contributed by atoms with Crippen LogP contribution in [0.5, 0.6) is 5.75 Å². The van der Waals surface area contributed by atoms with Gasteiger partial charge < -0.3 is 5.11 Å². The van der Waals surface area contributed by atoms with Gasteiger partial charge in [0.1, 0.15) is 0 Å². The predicted octanol–water partition coefficient (Wildman–Crippen LogP) is 3.27. The molecule has 0 amide bonds. The third-order valence-electron chi connectivity index (χ3n) is 2.46. The van der Waals surface area contributed by atoms with Crippen LogP contribution in [0.25, 0.3) is 10.4 Å². The minimum Gasteiger partial charge on any atom is -0.504 e. The van der Waals surface area contributed by atoms with Gasteiger partial charge in [0.15, 0.2) is 23.6 Å². The molecule has 0 aliphatic rings. The number of thiophene rings is 1. The molecule has 5 heteroatoms. The summed E-state index contributed by atoms with van der Waals surface area (Å²) >= 11 is 1.21. The van der Waals surface area contributed by atoms with Crippen molar-refractivity contribution in [2.24, 2.45) is 0 Å². The largest absolute Gasteiger partial charge is 0.504 e. The summed E-state index contributed by atoms with van der Waals surface area (Å²) in [5.74, 6) is -1.58. The van der Waals surface area contributed by atoms with Crippen LogP contribution in [0.1, 0.15) is 27.0 Å². The molecule has 0 bridgehead atoms. The van der Waals surface area contributed by atoms with Crippen LogP contribution in [0.4, 0.5) is 4.39 Å². The molecule has 2 aromatic rings. The highest BCUT2D eigenvalue weighted by Crippen LogP contribution is 2.32. The predicted molar refractivity (Wildman–Crippen MR) is 66.8 cm³/mol. The van der Waals surface area contributed by atoms with E-state index in [9.17, 15) is 19.1 Å². The highest BCUT2D eigenvalue weighted by molar-refractivity contribution is 7.17. The van der Waals surface area contributed by atoms with E-state index in [1.165, 1.54) is 24.3 Å². The molecule has 0 fully saturated rings. The molecule has 1 N–H and O–H groups in total. The number of Topliss-reactive ketones (excluding diaryl/α,β-unsaturated/α-hetero) is 1. The number of hydrogen-bond donors (Lipinski definition) is 1. The first kappa shape index (κ1) is 12.4. The molecule has 0 aliphatic carbocycles. The van der Waals surface area contributed by atoms with Gasteiger partial charge in [0, 0.05) is 4.88 Å². The number of ketones is 1. The minimum atomic E-state index is -0.854. The molecule has 0 aliphatic heterocycles. The van der Waals surface area contributed by atoms with E-state index < -0.39 is 11.6 Å². The van der Waals surface area contributed by atoms with Crippen molar-refractivity contribution >= 4 is 23.4 Å². The SMILES string of the molecule is CC(=O)c1ccc(-c2cc(F)c(O)c(C=O)c2)s1. The molecular formula is C13H9FO3S. The number of aromatic hydroxyl groups is 1. The summed E-state index contributed by atoms with van der Waals surface area (Å²) in [4.78, 5) is 23.1. The van der Waals surface area contributed by atoms with Gasteiger partial charge in [-0.05, 0) is 36.8 Å². The zero-order chi connectivity index (χ0) is 13.3. The summed E-state index contributed by atoms with van der Waals surface area (Å²) in [6.07, 6.45) is 0.390. The molecule has 0 saturated heterocycles. The van der Waals surface area contributed by atoms with Crippen molar-refractivity contribution in [3.05, 3.63) is 40.5 Å². The van der Waals surface area contributed by atoms with E-state index in [0.717, 1.165) is 6.07 Å². The average molecular weight is 264 g/mol. The van der Waals surface area contributed by atoms with E-state index in [2.05, 4.69) is 0 Å². The van der Waals surface area contributed by atoms with Crippen LogP contribution in [0.3, 0.4) is 0 Å². The molecule has 1 heterocycles. The van der Waals surface area contributed by atoms with Crippen molar-refractivity contribution in [1.82, 2.24) is 0 Å². The lowest BCUT2D eigenvalue weighted by Crippen LogP contribution is -1.87. The van der Waals surface area contributed by atoms with Gasteiger partial charge >= 0.3 is 0 Å². The Morgan fingerprint density at radius 1 is 1.39 bits per heavy atom. The molecule has 3 nitrogen and oxygen atoms in total. The third kappa shape index (κ3) is 2.17. The standard InChI is InChI=1S/C13H9FO3S/c1-7(16)11-2-3-12(18-11)8-4-9(6-15)13(17)10(14)5-8/h2-6,17H,1H3. The van der Waals surface area contributed by atoms with Crippen LogP contribution < -0.4 is 0 Å². The van der Waals surface area contributed by atoms with Crippen molar-refractivity contribution in [3.63, 3.8) is 0 Å². The number of phenolic OH excluding ortho intramolecular Hbond substituents is 1. The van der Waals surface area contributed by atoms with Gasteiger partial charge in [0.2, 0.25) is 0 Å². The van der Waals surface area contributed by atoms with Gasteiger partial charge in [-0.25, -0.2) is 4.39 Å². The molecule has 18 heavy (non-hydrogen) atoms. The Balaban J connectivity index is 2.53. The van der Waals surface area contributed by atoms with Crippen LogP contribution in [0, 0.1) is 5.82 Å². The van der Waals surface area contributed by atoms with Crippen LogP contribution in [0.2, 0.25) is 0 Å². The zero-order valence-electron chi connectivity index (χ0n) is 9.44. The fraction of sp³-hybridized carbons (Fsp3) is 0.0769. The Kier molecular flexibility index (Phi) is 3.25. The average Bonchev–Trinajstić information content (AvgIpc) is 2.82. The number of carbonyl (C=O) groups is 2. The summed E-state index contributed by atoms with van der Waals surface area (Å²) in [5.41, 5.74) is 0.354. The summed E-state index contributed by atoms with van der Waals surface area (Å²) in [5, 5.41) is 9.31. The molecule has 0 radical (unpaired) electrons. The van der Waals surface area contributed by atoms with E-state index in [1.54, 1.807) is 12.1 Å². The Morgan fingerprint density at radius 2 is 2.11 bits per heavy atom. The van der Waals surface area contributed by atoms with Gasteiger partial charge in [-0.1, -0.05) is 0 Å². The van der Waals surface area contributed by atoms with Crippen molar-refractivity contribution in [3.8, 4) is 16.2 Å². The number of benzene rings is 1. The van der Waals surface area contributed by atoms with Crippen molar-refractivity contribution in [1.29, 1.82) is 0 Å². The van der Waals surface area contributed by atoms with Gasteiger partial charge in [-0.2, -0.15) is 0 Å². The second-order valence-electron chi connectivity index (χ2n) is 3.73. The van der Waals surface area contributed by atoms with Gasteiger partial charge in [-0.3, -0.25) is 9.59 Å². The molecule has 1 aromatic heterocycles. The number of hydrogen-bond acceptors (Lipinski definition) is 4. The second-order valence-corrected chi connectivity index (χ2v) is 4.82. The van der Waals surface area contributed by atoms with Crippen molar-refractivity contribution in [2.75, 3.05) is 0 Å². The van der Waals surface area contributed by atoms with Gasteiger partial charge in [0.25, 0.3) is 0 Å². The molecule has 0 atom stereocenters. The quantitative estimate of drug-likeness (QED) is 0.683. The Bertz CT molecular complexity index is 631.